The number of phenolic OH excluding ortho intramolecular Hbond substituents is 1. The third kappa shape index (κ3) is 4.27. The minimum atomic E-state index is -0.324. The molecule has 166 valence electrons. The van der Waals surface area contributed by atoms with Gasteiger partial charge in [-0.25, -0.2) is 10.9 Å². The molecule has 2 aromatic carbocycles. The third-order valence-corrected chi connectivity index (χ3v) is 6.37. The summed E-state index contributed by atoms with van der Waals surface area (Å²) in [6.07, 6.45) is 4.25. The molecule has 0 spiro atoms. The van der Waals surface area contributed by atoms with E-state index < -0.39 is 0 Å². The fourth-order valence-electron chi connectivity index (χ4n) is 4.94. The summed E-state index contributed by atoms with van der Waals surface area (Å²) < 4.78 is 6.00. The highest BCUT2D eigenvalue weighted by Crippen LogP contribution is 2.48. The van der Waals surface area contributed by atoms with Crippen molar-refractivity contribution in [1.82, 2.24) is 15.8 Å². The Morgan fingerprint density at radius 1 is 1.00 bits per heavy atom. The van der Waals surface area contributed by atoms with Crippen molar-refractivity contribution in [2.24, 2.45) is 5.92 Å². The Bertz CT molecular complexity index is 903. The van der Waals surface area contributed by atoms with Crippen LogP contribution in [0.15, 0.2) is 48.5 Å². The first-order chi connectivity index (χ1) is 15.2. The first kappa shape index (κ1) is 21.7. The number of hydrogen-bond acceptors (Lipinski definition) is 5. The van der Waals surface area contributed by atoms with E-state index in [1.165, 1.54) is 0 Å². The van der Waals surface area contributed by atoms with E-state index in [1.807, 2.05) is 35.2 Å². The molecule has 2 aliphatic rings. The van der Waals surface area contributed by atoms with Gasteiger partial charge in [0.05, 0.1) is 18.7 Å². The van der Waals surface area contributed by atoms with Crippen LogP contribution in [-0.2, 0) is 4.79 Å². The lowest BCUT2D eigenvalue weighted by Crippen LogP contribution is -2.41. The number of nitrogens with zero attached hydrogens (tertiary/aromatic N) is 1. The van der Waals surface area contributed by atoms with Crippen LogP contribution in [0.2, 0.25) is 0 Å². The molecule has 6 heteroatoms. The number of para-hydroxylation sites is 1. The van der Waals surface area contributed by atoms with Gasteiger partial charge in [0, 0.05) is 18.0 Å². The number of aromatic hydroxyl groups is 1. The Hall–Kier alpha value is -2.57. The fraction of sp³-hybridized carbons (Fsp3) is 0.480. The van der Waals surface area contributed by atoms with Gasteiger partial charge in [0.25, 0.3) is 0 Å². The average Bonchev–Trinajstić information content (AvgIpc) is 3.31. The molecule has 0 saturated carbocycles. The molecular formula is C25H33N3O3. The molecule has 0 radical (unpaired) electrons. The highest BCUT2D eigenvalue weighted by atomic mass is 16.5. The number of ether oxygens (including phenoxy) is 1. The molecule has 0 bridgehead atoms. The third-order valence-electron chi connectivity index (χ3n) is 6.37. The molecule has 4 rings (SSSR count). The summed E-state index contributed by atoms with van der Waals surface area (Å²) >= 11 is 0. The fourth-order valence-corrected chi connectivity index (χ4v) is 4.94. The van der Waals surface area contributed by atoms with Crippen LogP contribution in [0.5, 0.6) is 11.5 Å². The van der Waals surface area contributed by atoms with Crippen LogP contribution in [0.3, 0.4) is 0 Å². The number of amides is 1. The topological polar surface area (TPSA) is 73.8 Å². The first-order valence-electron chi connectivity index (χ1n) is 11.5. The summed E-state index contributed by atoms with van der Waals surface area (Å²) in [5.74, 6) is 1.16. The van der Waals surface area contributed by atoms with E-state index in [0.717, 1.165) is 42.6 Å². The summed E-state index contributed by atoms with van der Waals surface area (Å²) in [4.78, 5) is 15.3. The number of carbonyl (C=O) groups is 1. The quantitative estimate of drug-likeness (QED) is 0.530. The van der Waals surface area contributed by atoms with E-state index in [4.69, 9.17) is 4.74 Å². The van der Waals surface area contributed by atoms with Gasteiger partial charge in [-0.05, 0) is 36.6 Å². The van der Waals surface area contributed by atoms with Crippen molar-refractivity contribution in [2.75, 3.05) is 13.2 Å². The van der Waals surface area contributed by atoms with E-state index in [0.29, 0.717) is 13.2 Å². The first-order valence-corrected chi connectivity index (χ1v) is 11.5. The van der Waals surface area contributed by atoms with Gasteiger partial charge >= 0.3 is 0 Å². The summed E-state index contributed by atoms with van der Waals surface area (Å²) in [6.45, 7) is 5.68. The Labute approximate surface area is 184 Å². The number of phenols is 1. The lowest BCUT2D eigenvalue weighted by molar-refractivity contribution is -0.130. The Morgan fingerprint density at radius 2 is 1.81 bits per heavy atom. The monoisotopic (exact) mass is 423 g/mol. The molecule has 2 aliphatic heterocycles. The number of hydrazine groups is 1. The smallest absolute Gasteiger partial charge is 0.242 e. The predicted octanol–water partition coefficient (Wildman–Crippen LogP) is 4.09. The number of unbranched alkanes of at least 4 members (excludes halogenated alkanes) is 2. The SMILES string of the molecule is CCCCCOc1cccc(C2C3C(NNC3c3ccccc3O)C(=O)N2CCC)c1. The number of carbonyl (C=O) groups excluding carboxylic acids is 1. The largest absolute Gasteiger partial charge is 0.508 e. The molecule has 6 nitrogen and oxygen atoms in total. The number of benzene rings is 2. The van der Waals surface area contributed by atoms with E-state index in [1.54, 1.807) is 6.07 Å². The average molecular weight is 424 g/mol. The van der Waals surface area contributed by atoms with Crippen LogP contribution in [-0.4, -0.2) is 35.1 Å². The molecular weight excluding hydrogens is 390 g/mol. The molecule has 2 saturated heterocycles. The predicted molar refractivity (Wildman–Crippen MR) is 121 cm³/mol. The summed E-state index contributed by atoms with van der Waals surface area (Å²) in [6, 6.07) is 14.9. The van der Waals surface area contributed by atoms with E-state index in [2.05, 4.69) is 36.8 Å². The van der Waals surface area contributed by atoms with Crippen LogP contribution in [0.4, 0.5) is 0 Å². The van der Waals surface area contributed by atoms with Crippen LogP contribution in [0.1, 0.15) is 62.7 Å². The Balaban J connectivity index is 1.66. The Morgan fingerprint density at radius 3 is 2.58 bits per heavy atom. The van der Waals surface area contributed by atoms with Gasteiger partial charge in [-0.1, -0.05) is 57.0 Å². The molecule has 2 fully saturated rings. The molecule has 3 N–H and O–H groups in total. The van der Waals surface area contributed by atoms with E-state index >= 15 is 0 Å². The van der Waals surface area contributed by atoms with Crippen LogP contribution < -0.4 is 15.6 Å². The van der Waals surface area contributed by atoms with Gasteiger partial charge in [-0.3, -0.25) is 4.79 Å². The van der Waals surface area contributed by atoms with Gasteiger partial charge in [-0.2, -0.15) is 0 Å². The summed E-state index contributed by atoms with van der Waals surface area (Å²) in [7, 11) is 0. The van der Waals surface area contributed by atoms with Crippen molar-refractivity contribution in [2.45, 2.75) is 57.7 Å². The lowest BCUT2D eigenvalue weighted by atomic mass is 9.83. The number of rotatable bonds is 9. The second kappa shape index (κ2) is 9.71. The van der Waals surface area contributed by atoms with Crippen molar-refractivity contribution < 1.29 is 14.6 Å². The summed E-state index contributed by atoms with van der Waals surface area (Å²) in [5.41, 5.74) is 8.38. The van der Waals surface area contributed by atoms with Crippen LogP contribution >= 0.6 is 0 Å². The lowest BCUT2D eigenvalue weighted by Gasteiger charge is -2.31. The number of hydrogen-bond donors (Lipinski definition) is 3. The van der Waals surface area contributed by atoms with Crippen molar-refractivity contribution in [3.8, 4) is 11.5 Å². The number of fused-ring (bicyclic) bond motifs is 1. The van der Waals surface area contributed by atoms with Gasteiger partial charge in [0.1, 0.15) is 17.5 Å². The number of likely N-dealkylation sites (tertiary alicyclic amines) is 1. The highest BCUT2D eigenvalue weighted by molar-refractivity contribution is 5.86. The maximum Gasteiger partial charge on any atom is 0.242 e. The van der Waals surface area contributed by atoms with Gasteiger partial charge in [0.15, 0.2) is 0 Å². The maximum atomic E-state index is 13.3. The second-order valence-corrected chi connectivity index (χ2v) is 8.48. The minimum Gasteiger partial charge on any atom is -0.508 e. The second-order valence-electron chi connectivity index (χ2n) is 8.48. The van der Waals surface area contributed by atoms with Gasteiger partial charge in [-0.15, -0.1) is 0 Å². The van der Waals surface area contributed by atoms with E-state index in [9.17, 15) is 9.90 Å². The molecule has 2 aromatic rings. The van der Waals surface area contributed by atoms with E-state index in [-0.39, 0.29) is 35.7 Å². The van der Waals surface area contributed by atoms with Crippen molar-refractivity contribution in [3.63, 3.8) is 0 Å². The maximum absolute atomic E-state index is 13.3. The number of nitrogens with one attached hydrogen (secondary N) is 2. The molecule has 0 aromatic heterocycles. The highest BCUT2D eigenvalue weighted by Gasteiger charge is 2.55. The normalized spacial score (nSPS) is 25.1. The van der Waals surface area contributed by atoms with Crippen molar-refractivity contribution >= 4 is 5.91 Å². The summed E-state index contributed by atoms with van der Waals surface area (Å²) in [5, 5.41) is 10.5. The van der Waals surface area contributed by atoms with Crippen molar-refractivity contribution in [1.29, 1.82) is 0 Å². The zero-order valence-electron chi connectivity index (χ0n) is 18.4. The zero-order chi connectivity index (χ0) is 21.8. The van der Waals surface area contributed by atoms with Crippen LogP contribution in [0.25, 0.3) is 0 Å². The standard InChI is InChI=1S/C25H33N3O3/c1-3-5-8-15-31-18-11-9-10-17(16-18)24-21-22(19-12-6-7-13-20(19)29)26-27-23(21)25(30)28(24)14-4-2/h6-7,9-13,16,21-24,26-27,29H,3-5,8,14-15H2,1-2H3. The molecule has 2 heterocycles. The minimum absolute atomic E-state index is 0.0392. The Kier molecular flexibility index (Phi) is 6.78. The molecule has 4 atom stereocenters. The van der Waals surface area contributed by atoms with Gasteiger partial charge in [0.2, 0.25) is 5.91 Å². The van der Waals surface area contributed by atoms with Crippen LogP contribution in [0, 0.1) is 5.92 Å². The molecule has 0 aliphatic carbocycles. The van der Waals surface area contributed by atoms with Crippen molar-refractivity contribution in [3.05, 3.63) is 59.7 Å². The molecule has 31 heavy (non-hydrogen) atoms. The molecule has 4 unspecified atom stereocenters. The van der Waals surface area contributed by atoms with Gasteiger partial charge < -0.3 is 14.7 Å². The molecule has 1 amide bonds. The zero-order valence-corrected chi connectivity index (χ0v) is 18.4.